The molecule has 0 heterocycles. The van der Waals surface area contributed by atoms with Crippen molar-refractivity contribution in [2.75, 3.05) is 0 Å². The Morgan fingerprint density at radius 2 is 1.88 bits per heavy atom. The number of ether oxygens (including phenoxy) is 1. The van der Waals surface area contributed by atoms with Gasteiger partial charge in [0.1, 0.15) is 11.6 Å². The molecule has 0 aliphatic heterocycles. The van der Waals surface area contributed by atoms with Crippen LogP contribution in [0.25, 0.3) is 0 Å². The molecule has 1 aromatic rings. The maximum Gasteiger partial charge on any atom is 0.128 e. The maximum atomic E-state index is 13.2. The molecule has 17 heavy (non-hydrogen) atoms. The van der Waals surface area contributed by atoms with E-state index in [-0.39, 0.29) is 11.9 Å². The molecule has 0 unspecified atom stereocenters. The van der Waals surface area contributed by atoms with Gasteiger partial charge in [-0.25, -0.2) is 4.39 Å². The molecule has 96 valence electrons. The van der Waals surface area contributed by atoms with Crippen LogP contribution in [0.3, 0.4) is 0 Å². The molecule has 0 saturated heterocycles. The summed E-state index contributed by atoms with van der Waals surface area (Å²) in [7, 11) is 0. The van der Waals surface area contributed by atoms with Crippen LogP contribution in [0, 0.1) is 5.82 Å². The minimum Gasteiger partial charge on any atom is -0.491 e. The predicted molar refractivity (Wildman–Crippen MR) is 66.6 cm³/mol. The van der Waals surface area contributed by atoms with Crippen molar-refractivity contribution in [1.29, 1.82) is 0 Å². The van der Waals surface area contributed by atoms with Crippen LogP contribution in [-0.4, -0.2) is 11.2 Å². The standard InChI is InChI=1S/C14H21FO2/c1-5-14(16,6-2)12-8-7-11(15)9-13(12)17-10(3)4/h7-10,16H,5-6H2,1-4H3. The summed E-state index contributed by atoms with van der Waals surface area (Å²) in [6, 6.07) is 4.31. The fourth-order valence-electron chi connectivity index (χ4n) is 1.86. The van der Waals surface area contributed by atoms with E-state index in [9.17, 15) is 9.50 Å². The van der Waals surface area contributed by atoms with Crippen LogP contribution < -0.4 is 4.74 Å². The van der Waals surface area contributed by atoms with Gasteiger partial charge in [0.2, 0.25) is 0 Å². The highest BCUT2D eigenvalue weighted by molar-refractivity contribution is 5.38. The average Bonchev–Trinajstić information content (AvgIpc) is 2.27. The number of benzene rings is 1. The molecule has 1 rings (SSSR count). The molecule has 2 nitrogen and oxygen atoms in total. The van der Waals surface area contributed by atoms with Crippen molar-refractivity contribution in [2.24, 2.45) is 0 Å². The third-order valence-corrected chi connectivity index (χ3v) is 2.98. The number of hydrogen-bond donors (Lipinski definition) is 1. The van der Waals surface area contributed by atoms with Gasteiger partial charge in [-0.15, -0.1) is 0 Å². The average molecular weight is 240 g/mol. The molecule has 0 bridgehead atoms. The summed E-state index contributed by atoms with van der Waals surface area (Å²) in [5.74, 6) is 0.0881. The van der Waals surface area contributed by atoms with Crippen LogP contribution in [-0.2, 0) is 5.60 Å². The van der Waals surface area contributed by atoms with Crippen molar-refractivity contribution in [2.45, 2.75) is 52.2 Å². The van der Waals surface area contributed by atoms with Crippen molar-refractivity contribution in [1.82, 2.24) is 0 Å². The van der Waals surface area contributed by atoms with Gasteiger partial charge in [-0.3, -0.25) is 0 Å². The van der Waals surface area contributed by atoms with Gasteiger partial charge in [0.25, 0.3) is 0 Å². The van der Waals surface area contributed by atoms with Gasteiger partial charge in [-0.2, -0.15) is 0 Å². The monoisotopic (exact) mass is 240 g/mol. The lowest BCUT2D eigenvalue weighted by Crippen LogP contribution is -2.25. The fourth-order valence-corrected chi connectivity index (χ4v) is 1.86. The van der Waals surface area contributed by atoms with Crippen LogP contribution in [0.2, 0.25) is 0 Å². The van der Waals surface area contributed by atoms with E-state index in [1.165, 1.54) is 12.1 Å². The SMILES string of the molecule is CCC(O)(CC)c1ccc(F)cc1OC(C)C. The van der Waals surface area contributed by atoms with Crippen LogP contribution in [0.15, 0.2) is 18.2 Å². The van der Waals surface area contributed by atoms with Gasteiger partial charge in [0.05, 0.1) is 11.7 Å². The second-order valence-corrected chi connectivity index (χ2v) is 4.55. The number of hydrogen-bond acceptors (Lipinski definition) is 2. The number of halogens is 1. The summed E-state index contributed by atoms with van der Waals surface area (Å²) >= 11 is 0. The zero-order valence-electron chi connectivity index (χ0n) is 11.0. The van der Waals surface area contributed by atoms with Gasteiger partial charge in [0.15, 0.2) is 0 Å². The molecule has 3 heteroatoms. The Morgan fingerprint density at radius 1 is 1.29 bits per heavy atom. The minimum absolute atomic E-state index is 0.0477. The van der Waals surface area contributed by atoms with E-state index in [1.807, 2.05) is 27.7 Å². The quantitative estimate of drug-likeness (QED) is 0.851. The molecule has 0 spiro atoms. The zero-order valence-corrected chi connectivity index (χ0v) is 11.0. The lowest BCUT2D eigenvalue weighted by molar-refractivity contribution is 0.0244. The summed E-state index contributed by atoms with van der Waals surface area (Å²) in [5.41, 5.74) is -0.282. The van der Waals surface area contributed by atoms with Gasteiger partial charge < -0.3 is 9.84 Å². The highest BCUT2D eigenvalue weighted by Gasteiger charge is 2.28. The van der Waals surface area contributed by atoms with E-state index in [0.717, 1.165) is 0 Å². The van der Waals surface area contributed by atoms with Gasteiger partial charge in [-0.05, 0) is 38.8 Å². The molecule has 0 aliphatic carbocycles. The van der Waals surface area contributed by atoms with E-state index in [0.29, 0.717) is 24.2 Å². The fraction of sp³-hybridized carbons (Fsp3) is 0.571. The summed E-state index contributed by atoms with van der Waals surface area (Å²) in [4.78, 5) is 0. The highest BCUT2D eigenvalue weighted by Crippen LogP contribution is 2.36. The Labute approximate surface area is 102 Å². The lowest BCUT2D eigenvalue weighted by Gasteiger charge is -2.28. The molecule has 0 aromatic heterocycles. The zero-order chi connectivity index (χ0) is 13.1. The lowest BCUT2D eigenvalue weighted by atomic mass is 9.88. The Morgan fingerprint density at radius 3 is 2.35 bits per heavy atom. The topological polar surface area (TPSA) is 29.5 Å². The Hall–Kier alpha value is -1.09. The summed E-state index contributed by atoms with van der Waals surface area (Å²) in [6.45, 7) is 7.58. The molecule has 0 radical (unpaired) electrons. The first kappa shape index (κ1) is 14.0. The Kier molecular flexibility index (Phi) is 4.52. The summed E-state index contributed by atoms with van der Waals surface area (Å²) in [5, 5.41) is 10.5. The van der Waals surface area contributed by atoms with E-state index < -0.39 is 5.60 Å². The van der Waals surface area contributed by atoms with Gasteiger partial charge in [0, 0.05) is 11.6 Å². The highest BCUT2D eigenvalue weighted by atomic mass is 19.1. The van der Waals surface area contributed by atoms with E-state index >= 15 is 0 Å². The van der Waals surface area contributed by atoms with E-state index in [4.69, 9.17) is 4.74 Å². The third-order valence-electron chi connectivity index (χ3n) is 2.98. The Balaban J connectivity index is 3.22. The predicted octanol–water partition coefficient (Wildman–Crippen LogP) is 3.62. The molecular weight excluding hydrogens is 219 g/mol. The largest absolute Gasteiger partial charge is 0.491 e. The molecule has 0 fully saturated rings. The van der Waals surface area contributed by atoms with E-state index in [2.05, 4.69) is 0 Å². The van der Waals surface area contributed by atoms with Gasteiger partial charge in [-0.1, -0.05) is 13.8 Å². The normalized spacial score (nSPS) is 11.9. The van der Waals surface area contributed by atoms with Crippen LogP contribution in [0.1, 0.15) is 46.1 Å². The first-order valence-electron chi connectivity index (χ1n) is 6.12. The molecule has 1 N–H and O–H groups in total. The molecule has 1 aromatic carbocycles. The first-order chi connectivity index (χ1) is 7.92. The van der Waals surface area contributed by atoms with Crippen molar-refractivity contribution in [3.63, 3.8) is 0 Å². The molecule has 0 saturated carbocycles. The molecular formula is C14H21FO2. The van der Waals surface area contributed by atoms with Gasteiger partial charge >= 0.3 is 0 Å². The first-order valence-corrected chi connectivity index (χ1v) is 6.12. The maximum absolute atomic E-state index is 13.2. The van der Waals surface area contributed by atoms with Crippen molar-refractivity contribution >= 4 is 0 Å². The van der Waals surface area contributed by atoms with Crippen LogP contribution in [0.4, 0.5) is 4.39 Å². The third kappa shape index (κ3) is 3.19. The van der Waals surface area contributed by atoms with Crippen LogP contribution in [0.5, 0.6) is 5.75 Å². The number of rotatable bonds is 5. The minimum atomic E-state index is -0.947. The second kappa shape index (κ2) is 5.50. The molecule has 0 atom stereocenters. The van der Waals surface area contributed by atoms with Crippen molar-refractivity contribution in [3.05, 3.63) is 29.6 Å². The van der Waals surface area contributed by atoms with E-state index in [1.54, 1.807) is 6.07 Å². The van der Waals surface area contributed by atoms with Crippen LogP contribution >= 0.6 is 0 Å². The molecule has 0 amide bonds. The Bertz CT molecular complexity index is 370. The molecule has 0 aliphatic rings. The smallest absolute Gasteiger partial charge is 0.128 e. The second-order valence-electron chi connectivity index (χ2n) is 4.55. The number of aliphatic hydroxyl groups is 1. The summed E-state index contributed by atoms with van der Waals surface area (Å²) in [6.07, 6.45) is 1.10. The van der Waals surface area contributed by atoms with Crippen molar-refractivity contribution in [3.8, 4) is 5.75 Å². The van der Waals surface area contributed by atoms with Crippen molar-refractivity contribution < 1.29 is 14.2 Å². The summed E-state index contributed by atoms with van der Waals surface area (Å²) < 4.78 is 18.8.